The lowest BCUT2D eigenvalue weighted by molar-refractivity contribution is -0.388. The number of halogens is 3. The van der Waals surface area contributed by atoms with E-state index >= 15 is 0 Å². The molecule has 11 heteroatoms. The average molecular weight is 402 g/mol. The second-order valence-electron chi connectivity index (χ2n) is 5.08. The maximum atomic E-state index is 13.0. The van der Waals surface area contributed by atoms with Crippen molar-refractivity contribution in [1.29, 1.82) is 5.26 Å². The summed E-state index contributed by atoms with van der Waals surface area (Å²) in [6, 6.07) is 7.51. The predicted octanol–water partition coefficient (Wildman–Crippen LogP) is 4.04. The van der Waals surface area contributed by atoms with Gasteiger partial charge in [-0.3, -0.25) is 10.1 Å². The largest absolute Gasteiger partial charge is 0.417 e. The highest BCUT2D eigenvalue weighted by Crippen LogP contribution is 2.39. The van der Waals surface area contributed by atoms with Crippen molar-refractivity contribution in [3.05, 3.63) is 57.6 Å². The molecular formula is C15H9F3N2O4S2. The van der Waals surface area contributed by atoms with E-state index in [0.717, 1.165) is 36.6 Å². The molecular weight excluding hydrogens is 393 g/mol. The van der Waals surface area contributed by atoms with E-state index in [4.69, 9.17) is 5.26 Å². The summed E-state index contributed by atoms with van der Waals surface area (Å²) in [4.78, 5) is 10.1. The Bertz CT molecular complexity index is 1030. The maximum Gasteiger partial charge on any atom is 0.417 e. The molecule has 2 aromatic rings. The molecule has 136 valence electrons. The molecule has 0 unspecified atom stereocenters. The van der Waals surface area contributed by atoms with Crippen molar-refractivity contribution in [3.63, 3.8) is 0 Å². The number of benzene rings is 2. The zero-order valence-electron chi connectivity index (χ0n) is 12.9. The molecule has 0 aliphatic rings. The fraction of sp³-hybridized carbons (Fsp3) is 0.133. The van der Waals surface area contributed by atoms with Crippen LogP contribution in [0.3, 0.4) is 0 Å². The van der Waals surface area contributed by atoms with Gasteiger partial charge >= 0.3 is 6.18 Å². The van der Waals surface area contributed by atoms with Crippen molar-refractivity contribution in [2.75, 3.05) is 6.26 Å². The van der Waals surface area contributed by atoms with Gasteiger partial charge in [-0.2, -0.15) is 18.4 Å². The highest BCUT2D eigenvalue weighted by atomic mass is 32.2. The zero-order valence-corrected chi connectivity index (χ0v) is 14.6. The lowest BCUT2D eigenvalue weighted by atomic mass is 10.1. The van der Waals surface area contributed by atoms with E-state index < -0.39 is 37.8 Å². The fourth-order valence-corrected chi connectivity index (χ4v) is 3.58. The number of hydrogen-bond acceptors (Lipinski definition) is 6. The molecule has 0 N–H and O–H groups in total. The molecule has 6 nitrogen and oxygen atoms in total. The molecule has 0 aromatic heterocycles. The molecule has 26 heavy (non-hydrogen) atoms. The number of nitro groups is 1. The Balaban J connectivity index is 2.52. The van der Waals surface area contributed by atoms with Crippen molar-refractivity contribution in [2.24, 2.45) is 0 Å². The number of sulfone groups is 1. The van der Waals surface area contributed by atoms with Gasteiger partial charge in [0.2, 0.25) is 0 Å². The molecule has 0 saturated heterocycles. The van der Waals surface area contributed by atoms with E-state index in [1.54, 1.807) is 0 Å². The summed E-state index contributed by atoms with van der Waals surface area (Å²) in [5.41, 5.74) is -2.26. The van der Waals surface area contributed by atoms with Crippen LogP contribution < -0.4 is 0 Å². The lowest BCUT2D eigenvalue weighted by Gasteiger charge is -2.11. The Hall–Kier alpha value is -2.58. The van der Waals surface area contributed by atoms with Crippen LogP contribution in [0.5, 0.6) is 0 Å². The number of nitro benzene ring substituents is 1. The summed E-state index contributed by atoms with van der Waals surface area (Å²) in [5.74, 6) is 0. The second kappa shape index (κ2) is 6.97. The summed E-state index contributed by atoms with van der Waals surface area (Å²) in [5, 5.41) is 20.0. The van der Waals surface area contributed by atoms with E-state index in [2.05, 4.69) is 0 Å². The first-order valence-corrected chi connectivity index (χ1v) is 9.42. The predicted molar refractivity (Wildman–Crippen MR) is 86.5 cm³/mol. The van der Waals surface area contributed by atoms with Crippen molar-refractivity contribution in [2.45, 2.75) is 20.9 Å². The van der Waals surface area contributed by atoms with Gasteiger partial charge in [-0.1, -0.05) is 11.8 Å². The number of nitriles is 1. The van der Waals surface area contributed by atoms with Crippen LogP contribution >= 0.6 is 11.8 Å². The summed E-state index contributed by atoms with van der Waals surface area (Å²) in [7, 11) is -3.68. The van der Waals surface area contributed by atoms with Crippen LogP contribution in [0.25, 0.3) is 0 Å². The summed E-state index contributed by atoms with van der Waals surface area (Å²) in [6.45, 7) is 0. The molecule has 0 saturated carbocycles. The third-order valence-corrected chi connectivity index (χ3v) is 5.36. The van der Waals surface area contributed by atoms with Gasteiger partial charge in [-0.25, -0.2) is 8.42 Å². The molecule has 0 amide bonds. The molecule has 0 aliphatic heterocycles. The molecule has 0 heterocycles. The van der Waals surface area contributed by atoms with Gasteiger partial charge in [-0.05, 0) is 30.3 Å². The summed E-state index contributed by atoms with van der Waals surface area (Å²) < 4.78 is 62.1. The smallest absolute Gasteiger partial charge is 0.258 e. The monoisotopic (exact) mass is 402 g/mol. The summed E-state index contributed by atoms with van der Waals surface area (Å²) in [6.07, 6.45) is -3.87. The molecule has 0 fully saturated rings. The highest BCUT2D eigenvalue weighted by molar-refractivity contribution is 7.99. The number of rotatable bonds is 4. The van der Waals surface area contributed by atoms with Gasteiger partial charge in [0.25, 0.3) is 5.69 Å². The summed E-state index contributed by atoms with van der Waals surface area (Å²) >= 11 is 0.665. The third-order valence-electron chi connectivity index (χ3n) is 3.20. The normalized spacial score (nSPS) is 11.8. The van der Waals surface area contributed by atoms with Crippen LogP contribution in [0.4, 0.5) is 18.9 Å². The van der Waals surface area contributed by atoms with E-state index in [0.29, 0.717) is 11.8 Å². The topological polar surface area (TPSA) is 101 Å². The zero-order chi connectivity index (χ0) is 19.7. The second-order valence-corrected chi connectivity index (χ2v) is 8.21. The fourth-order valence-electron chi connectivity index (χ4n) is 2.00. The molecule has 0 aliphatic carbocycles. The van der Waals surface area contributed by atoms with Crippen LogP contribution in [-0.2, 0) is 16.0 Å². The Labute approximate surface area is 150 Å². The van der Waals surface area contributed by atoms with Gasteiger partial charge in [0.05, 0.1) is 31.9 Å². The van der Waals surface area contributed by atoms with Gasteiger partial charge < -0.3 is 0 Å². The maximum absolute atomic E-state index is 13.0. The lowest BCUT2D eigenvalue weighted by Crippen LogP contribution is -2.07. The standard InChI is InChI=1S/C15H9F3N2O4S2/c1-26(23,24)11-4-5-14(13(7-11)20(21)22)25-10-3-2-9(8-19)12(6-10)15(16,17)18/h2-7H,1H3. The van der Waals surface area contributed by atoms with Crippen molar-refractivity contribution in [3.8, 4) is 6.07 Å². The average Bonchev–Trinajstić information content (AvgIpc) is 2.53. The van der Waals surface area contributed by atoms with Crippen LogP contribution in [-0.4, -0.2) is 19.6 Å². The Morgan fingerprint density at radius 1 is 1.19 bits per heavy atom. The molecule has 0 spiro atoms. The number of alkyl halides is 3. The first-order chi connectivity index (χ1) is 11.9. The van der Waals surface area contributed by atoms with E-state index in [-0.39, 0.29) is 14.7 Å². The Kier molecular flexibility index (Phi) is 5.29. The van der Waals surface area contributed by atoms with Gasteiger partial charge in [0, 0.05) is 17.2 Å². The number of hydrogen-bond donors (Lipinski definition) is 0. The van der Waals surface area contributed by atoms with Crippen LogP contribution in [0.1, 0.15) is 11.1 Å². The minimum atomic E-state index is -4.76. The quantitative estimate of drug-likeness (QED) is 0.565. The first-order valence-electron chi connectivity index (χ1n) is 6.71. The molecule has 0 atom stereocenters. The van der Waals surface area contributed by atoms with E-state index in [1.807, 2.05) is 0 Å². The first kappa shape index (κ1) is 19.7. The minimum absolute atomic E-state index is 0.0199. The van der Waals surface area contributed by atoms with Gasteiger partial charge in [-0.15, -0.1) is 0 Å². The van der Waals surface area contributed by atoms with E-state index in [1.165, 1.54) is 12.1 Å². The Morgan fingerprint density at radius 3 is 2.35 bits per heavy atom. The van der Waals surface area contributed by atoms with Crippen LogP contribution in [0.15, 0.2) is 51.1 Å². The molecule has 2 rings (SSSR count). The van der Waals surface area contributed by atoms with E-state index in [9.17, 15) is 31.7 Å². The molecule has 0 radical (unpaired) electrons. The van der Waals surface area contributed by atoms with Crippen LogP contribution in [0, 0.1) is 21.4 Å². The van der Waals surface area contributed by atoms with Crippen molar-refractivity contribution in [1.82, 2.24) is 0 Å². The highest BCUT2D eigenvalue weighted by Gasteiger charge is 2.34. The Morgan fingerprint density at radius 2 is 1.85 bits per heavy atom. The van der Waals surface area contributed by atoms with Crippen molar-refractivity contribution >= 4 is 27.3 Å². The van der Waals surface area contributed by atoms with Gasteiger partial charge in [0.1, 0.15) is 0 Å². The van der Waals surface area contributed by atoms with Crippen LogP contribution in [0.2, 0.25) is 0 Å². The van der Waals surface area contributed by atoms with Crippen molar-refractivity contribution < 1.29 is 26.5 Å². The minimum Gasteiger partial charge on any atom is -0.258 e. The molecule has 2 aromatic carbocycles. The number of nitrogens with zero attached hydrogens (tertiary/aromatic N) is 2. The third kappa shape index (κ3) is 4.33. The SMILES string of the molecule is CS(=O)(=O)c1ccc(Sc2ccc(C#N)c(C(F)(F)F)c2)c([N+](=O)[O-])c1. The molecule has 0 bridgehead atoms. The van der Waals surface area contributed by atoms with Gasteiger partial charge in [0.15, 0.2) is 9.84 Å².